The van der Waals surface area contributed by atoms with Gasteiger partial charge >= 0.3 is 0 Å². The first-order valence-electron chi connectivity index (χ1n) is 12.1. The van der Waals surface area contributed by atoms with Gasteiger partial charge in [0.1, 0.15) is 0 Å². The van der Waals surface area contributed by atoms with Crippen LogP contribution in [0.5, 0.6) is 0 Å². The third-order valence-corrected chi connectivity index (χ3v) is 9.43. The fourth-order valence-electron chi connectivity index (χ4n) is 7.09. The van der Waals surface area contributed by atoms with E-state index in [9.17, 15) is 0 Å². The maximum absolute atomic E-state index is 2.61. The van der Waals surface area contributed by atoms with Gasteiger partial charge in [0.2, 0.25) is 0 Å². The van der Waals surface area contributed by atoms with Crippen LogP contribution in [0.2, 0.25) is 0 Å². The molecule has 4 rings (SSSR count). The van der Waals surface area contributed by atoms with E-state index in [4.69, 9.17) is 0 Å². The molecule has 0 heterocycles. The minimum Gasteiger partial charge on any atom is -0.0852 e. The molecule has 6 atom stereocenters. The first kappa shape index (κ1) is 20.2. The lowest BCUT2D eigenvalue weighted by Crippen LogP contribution is -2.40. The molecule has 0 amide bonds. The third-order valence-electron chi connectivity index (χ3n) is 9.43. The summed E-state index contributed by atoms with van der Waals surface area (Å²) >= 11 is 0. The van der Waals surface area contributed by atoms with Crippen LogP contribution in [-0.4, -0.2) is 0 Å². The highest BCUT2D eigenvalue weighted by molar-refractivity contribution is 5.48. The normalized spacial score (nSPS) is 39.6. The molecule has 0 aromatic rings. The van der Waals surface area contributed by atoms with Gasteiger partial charge in [0.25, 0.3) is 0 Å². The first-order chi connectivity index (χ1) is 13.3. The van der Waals surface area contributed by atoms with Gasteiger partial charge in [-0.2, -0.15) is 0 Å². The van der Waals surface area contributed by atoms with Crippen molar-refractivity contribution in [2.75, 3.05) is 0 Å². The highest BCUT2D eigenvalue weighted by Crippen LogP contribution is 2.63. The molecule has 28 heavy (non-hydrogen) atoms. The molecule has 0 radical (unpaired) electrons. The Morgan fingerprint density at radius 3 is 2.50 bits per heavy atom. The second-order valence-corrected chi connectivity index (χ2v) is 11.2. The zero-order valence-corrected chi connectivity index (χ0v) is 19.2. The summed E-state index contributed by atoms with van der Waals surface area (Å²) < 4.78 is 0. The smallest absolute Gasteiger partial charge is 0.000970 e. The number of hydrogen-bond donors (Lipinski definition) is 0. The fraction of sp³-hybridized carbons (Fsp3) is 0.714. The Morgan fingerprint density at radius 1 is 0.964 bits per heavy atom. The molecule has 0 N–H and O–H groups in total. The quantitative estimate of drug-likeness (QED) is 0.432. The van der Waals surface area contributed by atoms with E-state index >= 15 is 0 Å². The molecule has 4 aliphatic carbocycles. The van der Waals surface area contributed by atoms with Crippen molar-refractivity contribution in [3.8, 4) is 0 Å². The van der Waals surface area contributed by atoms with E-state index in [2.05, 4.69) is 71.9 Å². The molecule has 0 aliphatic heterocycles. The van der Waals surface area contributed by atoms with E-state index in [1.165, 1.54) is 44.9 Å². The molecular weight excluding hydrogens is 336 g/mol. The third kappa shape index (κ3) is 3.10. The van der Waals surface area contributed by atoms with Gasteiger partial charge in [0.15, 0.2) is 0 Å². The summed E-state index contributed by atoms with van der Waals surface area (Å²) in [5.74, 6) is 3.70. The van der Waals surface area contributed by atoms with E-state index in [1.807, 2.05) is 5.57 Å². The summed E-state index contributed by atoms with van der Waals surface area (Å²) in [5.41, 5.74) is 6.07. The topological polar surface area (TPSA) is 0 Å². The Kier molecular flexibility index (Phi) is 5.30. The average Bonchev–Trinajstić information content (AvgIpc) is 3.02. The highest BCUT2D eigenvalue weighted by Gasteiger charge is 2.52. The number of rotatable bonds is 4. The van der Waals surface area contributed by atoms with Crippen molar-refractivity contribution < 1.29 is 0 Å². The Bertz CT molecular complexity index is 729. The van der Waals surface area contributed by atoms with Crippen molar-refractivity contribution in [3.63, 3.8) is 0 Å². The van der Waals surface area contributed by atoms with Gasteiger partial charge in [-0.05, 0) is 96.5 Å². The fourth-order valence-corrected chi connectivity index (χ4v) is 7.09. The molecule has 0 aromatic heterocycles. The highest BCUT2D eigenvalue weighted by atomic mass is 14.6. The van der Waals surface area contributed by atoms with E-state index < -0.39 is 0 Å². The molecule has 0 bridgehead atoms. The van der Waals surface area contributed by atoms with Gasteiger partial charge in [0, 0.05) is 0 Å². The molecule has 154 valence electrons. The monoisotopic (exact) mass is 378 g/mol. The molecular formula is C28H42. The van der Waals surface area contributed by atoms with E-state index in [0.29, 0.717) is 22.7 Å². The summed E-state index contributed by atoms with van der Waals surface area (Å²) in [5, 5.41) is 0. The van der Waals surface area contributed by atoms with Crippen LogP contribution in [0.3, 0.4) is 0 Å². The Labute approximate surface area is 174 Å². The van der Waals surface area contributed by atoms with Gasteiger partial charge in [-0.3, -0.25) is 0 Å². The molecule has 4 aliphatic rings. The van der Waals surface area contributed by atoms with Gasteiger partial charge in [0.05, 0.1) is 0 Å². The number of hydrogen-bond acceptors (Lipinski definition) is 0. The predicted octanol–water partition coefficient (Wildman–Crippen LogP) is 8.28. The van der Waals surface area contributed by atoms with E-state index in [1.54, 1.807) is 11.1 Å². The van der Waals surface area contributed by atoms with Gasteiger partial charge in [-0.25, -0.2) is 0 Å². The van der Waals surface area contributed by atoms with Crippen molar-refractivity contribution in [1.29, 1.82) is 0 Å². The van der Waals surface area contributed by atoms with Crippen LogP contribution in [-0.2, 0) is 0 Å². The predicted molar refractivity (Wildman–Crippen MR) is 122 cm³/mol. The molecule has 0 aromatic carbocycles. The lowest BCUT2D eigenvalue weighted by atomic mass is 9.53. The summed E-state index contributed by atoms with van der Waals surface area (Å²) in [6, 6.07) is 0. The van der Waals surface area contributed by atoms with Crippen LogP contribution in [0.1, 0.15) is 86.5 Å². The molecule has 1 fully saturated rings. The van der Waals surface area contributed by atoms with Crippen molar-refractivity contribution in [2.45, 2.75) is 86.5 Å². The summed E-state index contributed by atoms with van der Waals surface area (Å²) in [4.78, 5) is 0. The summed E-state index contributed by atoms with van der Waals surface area (Å²) in [6.07, 6.45) is 22.2. The average molecular weight is 379 g/mol. The van der Waals surface area contributed by atoms with Gasteiger partial charge < -0.3 is 0 Å². The van der Waals surface area contributed by atoms with E-state index in [0.717, 1.165) is 17.8 Å². The van der Waals surface area contributed by atoms with Crippen molar-refractivity contribution >= 4 is 0 Å². The molecule has 0 nitrogen and oxygen atoms in total. The minimum atomic E-state index is 0.410. The van der Waals surface area contributed by atoms with Crippen molar-refractivity contribution in [3.05, 3.63) is 47.1 Å². The van der Waals surface area contributed by atoms with Crippen LogP contribution < -0.4 is 0 Å². The van der Waals surface area contributed by atoms with Crippen LogP contribution >= 0.6 is 0 Å². The SMILES string of the molecule is CC(C)[C@@H](C)C=C[C@@H](C)[C@H]1CCC2=C3C=CC4=CCCC[C@]4(C)[C@H]3CC[C@@]21C. The molecule has 0 heteroatoms. The Balaban J connectivity index is 1.64. The zero-order chi connectivity index (χ0) is 20.1. The van der Waals surface area contributed by atoms with Crippen molar-refractivity contribution in [2.24, 2.45) is 40.4 Å². The number of fused-ring (bicyclic) bond motifs is 4. The molecule has 0 saturated heterocycles. The van der Waals surface area contributed by atoms with Gasteiger partial charge in [-0.1, -0.05) is 77.5 Å². The first-order valence-corrected chi connectivity index (χ1v) is 12.1. The Morgan fingerprint density at radius 2 is 1.75 bits per heavy atom. The second kappa shape index (κ2) is 7.33. The maximum Gasteiger partial charge on any atom is -0.000970 e. The lowest BCUT2D eigenvalue weighted by molar-refractivity contribution is 0.141. The van der Waals surface area contributed by atoms with Crippen LogP contribution in [0.25, 0.3) is 0 Å². The van der Waals surface area contributed by atoms with Gasteiger partial charge in [-0.15, -0.1) is 0 Å². The standard InChI is InChI=1S/C28H42/c1-19(2)20(3)10-11-21(4)24-14-15-25-23-13-12-22-9-7-8-17-27(22,5)26(23)16-18-28(24,25)6/h9-13,19-21,24,26H,7-8,14-18H2,1-6H3/t20-,21+,24+,26-,27-,28+/m0/s1. The van der Waals surface area contributed by atoms with Crippen LogP contribution in [0.15, 0.2) is 47.1 Å². The maximum atomic E-state index is 2.61. The second-order valence-electron chi connectivity index (χ2n) is 11.2. The minimum absolute atomic E-state index is 0.410. The van der Waals surface area contributed by atoms with Crippen LogP contribution in [0.4, 0.5) is 0 Å². The zero-order valence-electron chi connectivity index (χ0n) is 19.2. The molecule has 1 saturated carbocycles. The molecule has 0 unspecified atom stereocenters. The summed E-state index contributed by atoms with van der Waals surface area (Å²) in [6.45, 7) is 14.7. The summed E-state index contributed by atoms with van der Waals surface area (Å²) in [7, 11) is 0. The van der Waals surface area contributed by atoms with Crippen molar-refractivity contribution in [1.82, 2.24) is 0 Å². The largest absolute Gasteiger partial charge is 0.0852 e. The molecule has 0 spiro atoms. The van der Waals surface area contributed by atoms with E-state index in [-0.39, 0.29) is 0 Å². The number of allylic oxidation sites excluding steroid dienone is 8. The lowest BCUT2D eigenvalue weighted by Gasteiger charge is -2.51. The van der Waals surface area contributed by atoms with Crippen LogP contribution in [0, 0.1) is 40.4 Å². The Hall–Kier alpha value is -1.04.